The summed E-state index contributed by atoms with van der Waals surface area (Å²) in [6.45, 7) is 6.57. The van der Waals surface area contributed by atoms with Gasteiger partial charge in [0, 0.05) is 11.9 Å². The van der Waals surface area contributed by atoms with Crippen LogP contribution in [0.15, 0.2) is 95.1 Å². The molecule has 0 spiro atoms. The fraction of sp³-hybridized carbons (Fsp3) is 0.192. The van der Waals surface area contributed by atoms with Crippen LogP contribution in [0.2, 0.25) is 5.02 Å². The van der Waals surface area contributed by atoms with Crippen molar-refractivity contribution < 1.29 is 19.4 Å². The van der Waals surface area contributed by atoms with Crippen LogP contribution < -0.4 is 0 Å². The molecule has 3 aromatic rings. The number of aromatic hydroxyl groups is 1. The number of aryl methyl sites for hydroxylation is 1. The summed E-state index contributed by atoms with van der Waals surface area (Å²) in [5.41, 5.74) is 1.24. The van der Waals surface area contributed by atoms with Crippen LogP contribution in [0.5, 0.6) is 5.88 Å². The van der Waals surface area contributed by atoms with Gasteiger partial charge in [-0.2, -0.15) is 0 Å². The van der Waals surface area contributed by atoms with Crippen LogP contribution in [0.4, 0.5) is 5.69 Å². The fourth-order valence-corrected chi connectivity index (χ4v) is 3.63. The average molecular weight is 480 g/mol. The lowest BCUT2D eigenvalue weighted by Crippen LogP contribution is -1.97. The number of allylic oxidation sites excluding steroid dienone is 3. The number of carbonyl (C=O) groups is 1. The molecule has 1 aromatic heterocycles. The van der Waals surface area contributed by atoms with E-state index in [2.05, 4.69) is 16.8 Å². The fourth-order valence-electron chi connectivity index (χ4n) is 3.42. The Balaban J connectivity index is 1.86. The molecule has 2 aromatic carbocycles. The van der Waals surface area contributed by atoms with Gasteiger partial charge in [-0.15, -0.1) is 10.2 Å². The number of aromatic nitrogens is 1. The molecule has 1 heterocycles. The third-order valence-electron chi connectivity index (χ3n) is 5.00. The number of para-hydroxylation sites is 1. The first-order chi connectivity index (χ1) is 16.5. The lowest BCUT2D eigenvalue weighted by Gasteiger charge is -2.09. The number of benzene rings is 2. The number of amides is 1. The molecule has 8 heteroatoms. The Morgan fingerprint density at radius 3 is 2.62 bits per heavy atom. The van der Waals surface area contributed by atoms with E-state index in [9.17, 15) is 9.90 Å². The average Bonchev–Trinajstić information content (AvgIpc) is 3.11. The smallest absolute Gasteiger partial charge is 0.296 e. The minimum atomic E-state index is -0.587. The summed E-state index contributed by atoms with van der Waals surface area (Å²) in [5, 5.41) is 19.7. The number of methoxy groups -OCH3 is 1. The van der Waals surface area contributed by atoms with Crippen LogP contribution in [-0.4, -0.2) is 29.3 Å². The summed E-state index contributed by atoms with van der Waals surface area (Å²) >= 11 is 6.07. The van der Waals surface area contributed by atoms with Gasteiger partial charge in [-0.1, -0.05) is 54.6 Å². The number of hydrogen-bond acceptors (Lipinski definition) is 5. The first-order valence-electron chi connectivity index (χ1n) is 10.7. The van der Waals surface area contributed by atoms with Crippen molar-refractivity contribution in [3.05, 3.63) is 95.4 Å². The molecule has 7 nitrogen and oxygen atoms in total. The van der Waals surface area contributed by atoms with E-state index < -0.39 is 5.91 Å². The van der Waals surface area contributed by atoms with Crippen LogP contribution in [-0.2, 0) is 16.0 Å². The molecule has 0 radical (unpaired) electrons. The van der Waals surface area contributed by atoms with E-state index in [-0.39, 0.29) is 17.1 Å². The summed E-state index contributed by atoms with van der Waals surface area (Å²) in [5.74, 6) is 0.457. The second kappa shape index (κ2) is 11.9. The molecule has 176 valence electrons. The predicted molar refractivity (Wildman–Crippen MR) is 134 cm³/mol. The lowest BCUT2D eigenvalue weighted by atomic mass is 10.2. The number of rotatable bonds is 10. The van der Waals surface area contributed by atoms with Crippen molar-refractivity contribution in [3.63, 3.8) is 0 Å². The van der Waals surface area contributed by atoms with Gasteiger partial charge in [-0.3, -0.25) is 4.79 Å². The topological polar surface area (TPSA) is 85.4 Å². The van der Waals surface area contributed by atoms with Gasteiger partial charge < -0.3 is 19.1 Å². The summed E-state index contributed by atoms with van der Waals surface area (Å²) < 4.78 is 12.6. The van der Waals surface area contributed by atoms with Gasteiger partial charge in [0.25, 0.3) is 5.91 Å². The Bertz CT molecular complexity index is 1270. The number of nitrogens with zero attached hydrogens (tertiary/aromatic N) is 3. The molecule has 0 atom stereocenters. The van der Waals surface area contributed by atoms with Gasteiger partial charge in [0.05, 0.1) is 29.8 Å². The van der Waals surface area contributed by atoms with E-state index >= 15 is 0 Å². The Kier molecular flexibility index (Phi) is 8.65. The first-order valence-corrected chi connectivity index (χ1v) is 11.1. The zero-order chi connectivity index (χ0) is 24.5. The van der Waals surface area contributed by atoms with Crippen molar-refractivity contribution >= 4 is 34.1 Å². The van der Waals surface area contributed by atoms with Crippen molar-refractivity contribution in [1.82, 2.24) is 4.57 Å². The summed E-state index contributed by atoms with van der Waals surface area (Å²) in [4.78, 5) is 12.4. The van der Waals surface area contributed by atoms with Gasteiger partial charge in [-0.25, -0.2) is 0 Å². The maximum Gasteiger partial charge on any atom is 0.296 e. The van der Waals surface area contributed by atoms with Gasteiger partial charge in [0.2, 0.25) is 5.88 Å². The molecule has 0 aliphatic heterocycles. The van der Waals surface area contributed by atoms with Crippen LogP contribution in [0.25, 0.3) is 10.9 Å². The van der Waals surface area contributed by atoms with Crippen LogP contribution in [0, 0.1) is 0 Å². The first kappa shape index (κ1) is 24.8. The molecule has 1 amide bonds. The summed E-state index contributed by atoms with van der Waals surface area (Å²) in [7, 11) is 1.56. The molecule has 0 aliphatic carbocycles. The number of ether oxygens (including phenoxy) is 2. The van der Waals surface area contributed by atoms with Crippen molar-refractivity contribution in [2.75, 3.05) is 13.7 Å². The molecular weight excluding hydrogens is 454 g/mol. The second-order valence-electron chi connectivity index (χ2n) is 7.09. The highest BCUT2D eigenvalue weighted by Crippen LogP contribution is 2.39. The van der Waals surface area contributed by atoms with Crippen LogP contribution in [0.3, 0.4) is 0 Å². The largest absolute Gasteiger partial charge is 0.493 e. The van der Waals surface area contributed by atoms with Crippen molar-refractivity contribution in [3.8, 4) is 5.88 Å². The van der Waals surface area contributed by atoms with Gasteiger partial charge in [-0.05, 0) is 43.7 Å². The maximum atomic E-state index is 12.4. The van der Waals surface area contributed by atoms with Crippen molar-refractivity contribution in [2.45, 2.75) is 19.9 Å². The van der Waals surface area contributed by atoms with E-state index in [1.807, 2.05) is 43.3 Å². The normalized spacial score (nSPS) is 12.3. The van der Waals surface area contributed by atoms with Crippen LogP contribution >= 0.6 is 11.6 Å². The van der Waals surface area contributed by atoms with E-state index in [1.54, 1.807) is 42.0 Å². The maximum absolute atomic E-state index is 12.4. The zero-order valence-electron chi connectivity index (χ0n) is 19.1. The van der Waals surface area contributed by atoms with Crippen molar-refractivity contribution in [2.24, 2.45) is 10.2 Å². The highest BCUT2D eigenvalue weighted by atomic mass is 35.5. The summed E-state index contributed by atoms with van der Waals surface area (Å²) in [6, 6.07) is 14.0. The third kappa shape index (κ3) is 5.55. The predicted octanol–water partition coefficient (Wildman–Crippen LogP) is 6.95. The quantitative estimate of drug-likeness (QED) is 0.193. The summed E-state index contributed by atoms with van der Waals surface area (Å²) in [6.07, 6.45) is 5.91. The number of carbonyl (C=O) groups excluding carboxylic acids is 1. The Labute approximate surface area is 203 Å². The SMILES string of the molecule is C=C/C(OC)=C(\C=C/CCn1c(O)c(N=NC(=O)c2ccccc2Cl)c2ccccc21)OCC. The molecule has 34 heavy (non-hydrogen) atoms. The highest BCUT2D eigenvalue weighted by Gasteiger charge is 2.17. The number of azo groups is 1. The zero-order valence-corrected chi connectivity index (χ0v) is 19.8. The van der Waals surface area contributed by atoms with E-state index in [1.165, 1.54) is 0 Å². The third-order valence-corrected chi connectivity index (χ3v) is 5.33. The van der Waals surface area contributed by atoms with Gasteiger partial charge in [0.1, 0.15) is 0 Å². The van der Waals surface area contributed by atoms with Crippen molar-refractivity contribution in [1.29, 1.82) is 0 Å². The molecule has 0 unspecified atom stereocenters. The molecule has 0 saturated heterocycles. The standard InChI is InChI=1S/C26H26ClN3O4/c1-4-22(33-3)23(34-5-2)16-10-11-17-30-21-15-9-7-13-19(21)24(26(30)32)28-29-25(31)18-12-6-8-14-20(18)27/h4,6-10,12-16,32H,1,5,11,17H2,2-3H3/b16-10-,23-22-,29-28?. The Morgan fingerprint density at radius 2 is 1.91 bits per heavy atom. The molecular formula is C26H26ClN3O4. The number of halogens is 1. The van der Waals surface area contributed by atoms with Gasteiger partial charge in [0.15, 0.2) is 17.2 Å². The van der Waals surface area contributed by atoms with E-state index in [4.69, 9.17) is 21.1 Å². The monoisotopic (exact) mass is 479 g/mol. The Morgan fingerprint density at radius 1 is 1.18 bits per heavy atom. The molecule has 0 saturated carbocycles. The molecule has 3 rings (SSSR count). The lowest BCUT2D eigenvalue weighted by molar-refractivity contribution is 0.0995. The number of hydrogen-bond donors (Lipinski definition) is 1. The van der Waals surface area contributed by atoms with E-state index in [0.717, 1.165) is 5.52 Å². The van der Waals surface area contributed by atoms with Gasteiger partial charge >= 0.3 is 0 Å². The molecule has 0 bridgehead atoms. The highest BCUT2D eigenvalue weighted by molar-refractivity contribution is 6.33. The minimum Gasteiger partial charge on any atom is -0.493 e. The molecule has 1 N–H and O–H groups in total. The molecule has 0 fully saturated rings. The number of fused-ring (bicyclic) bond motifs is 1. The second-order valence-corrected chi connectivity index (χ2v) is 7.49. The van der Waals surface area contributed by atoms with Crippen LogP contribution in [0.1, 0.15) is 23.7 Å². The minimum absolute atomic E-state index is 0.0745. The van der Waals surface area contributed by atoms with E-state index in [0.29, 0.717) is 41.5 Å². The Hall–Kier alpha value is -3.84. The molecule has 0 aliphatic rings.